The van der Waals surface area contributed by atoms with E-state index < -0.39 is 36.7 Å². The average Bonchev–Trinajstić information content (AvgIpc) is 2.45. The minimum Gasteiger partial charge on any atom is -0.550 e. The standard InChI is InChI=1S/2C8H19N.2C4H6O4.H2O/c2*1-7(2,3)6-8(4,5)9;2*5-3(6)1-2-4(7)8;/h2*6,9H2,1-5H3;2*1-2H2,(H,5,6)(H,7,8);1H2. The summed E-state index contributed by atoms with van der Waals surface area (Å²) < 4.78 is 0. The lowest BCUT2D eigenvalue weighted by molar-refractivity contribution is -0.471. The first-order valence-corrected chi connectivity index (χ1v) is 11.2. The largest absolute Gasteiger partial charge is 0.550 e. The first kappa shape index (κ1) is 42.9. The molecule has 0 spiro atoms. The highest BCUT2D eigenvalue weighted by atomic mass is 16.4. The minimum absolute atomic E-state index is 0. The van der Waals surface area contributed by atoms with Gasteiger partial charge in [-0.1, -0.05) is 41.5 Å². The number of carbonyl (C=O) groups is 4. The fraction of sp³-hybridized carbons (Fsp3) is 0.833. The molecule has 0 radical (unpaired) electrons. The maximum Gasteiger partial charge on any atom is 0.303 e. The van der Waals surface area contributed by atoms with Crippen molar-refractivity contribution in [1.29, 1.82) is 0 Å². The number of hydrogen-bond donors (Lipinski definition) is 4. The van der Waals surface area contributed by atoms with Crippen molar-refractivity contribution >= 4 is 23.9 Å². The lowest BCUT2D eigenvalue weighted by Gasteiger charge is -2.25. The lowest BCUT2D eigenvalue weighted by Crippen LogP contribution is -2.70. The molecule has 0 heterocycles. The molecule has 11 heteroatoms. The predicted molar refractivity (Wildman–Crippen MR) is 129 cm³/mol. The summed E-state index contributed by atoms with van der Waals surface area (Å²) in [4.78, 5) is 38.3. The molecule has 0 amide bonds. The summed E-state index contributed by atoms with van der Waals surface area (Å²) in [7, 11) is 0. The average molecular weight is 513 g/mol. The van der Waals surface area contributed by atoms with E-state index in [-0.39, 0.29) is 29.4 Å². The third kappa shape index (κ3) is 72.0. The second-order valence-corrected chi connectivity index (χ2v) is 12.3. The molecule has 0 aliphatic rings. The van der Waals surface area contributed by atoms with E-state index in [1.807, 2.05) is 0 Å². The van der Waals surface area contributed by atoms with Gasteiger partial charge in [0, 0.05) is 24.8 Å². The summed E-state index contributed by atoms with van der Waals surface area (Å²) in [5.74, 6) is -4.89. The minimum atomic E-state index is -1.33. The Morgan fingerprint density at radius 3 is 0.800 bits per heavy atom. The van der Waals surface area contributed by atoms with Gasteiger partial charge in [0.05, 0.1) is 23.9 Å². The van der Waals surface area contributed by atoms with Crippen LogP contribution in [0.2, 0.25) is 0 Å². The first-order chi connectivity index (χ1) is 14.7. The number of carboxylic acids is 4. The fourth-order valence-corrected chi connectivity index (χ4v) is 3.29. The Morgan fingerprint density at radius 1 is 0.571 bits per heavy atom. The zero-order chi connectivity index (χ0) is 28.6. The van der Waals surface area contributed by atoms with Gasteiger partial charge in [-0.2, -0.15) is 0 Å². The SMILES string of the molecule is CC(C)(C)CC(C)(C)[NH3+].CC(C)(C)CC(C)(C)[NH3+].O.O=C([O-])CCC(=O)O.O=C([O-])CCC(=O)O. The molecule has 0 rings (SSSR count). The molecule has 0 bridgehead atoms. The van der Waals surface area contributed by atoms with Gasteiger partial charge in [0.15, 0.2) is 0 Å². The van der Waals surface area contributed by atoms with Crippen molar-refractivity contribution in [1.82, 2.24) is 0 Å². The smallest absolute Gasteiger partial charge is 0.303 e. The molecule has 0 aromatic rings. The Balaban J connectivity index is -0.000000113. The number of hydrogen-bond acceptors (Lipinski definition) is 6. The second-order valence-electron chi connectivity index (χ2n) is 12.3. The van der Waals surface area contributed by atoms with E-state index in [1.165, 1.54) is 12.8 Å². The second kappa shape index (κ2) is 19.0. The van der Waals surface area contributed by atoms with Gasteiger partial charge in [-0.3, -0.25) is 9.59 Å². The van der Waals surface area contributed by atoms with Gasteiger partial charge < -0.3 is 47.0 Å². The van der Waals surface area contributed by atoms with E-state index in [1.54, 1.807) is 0 Å². The molecule has 11 nitrogen and oxygen atoms in total. The number of carboxylic acid groups (broad SMARTS) is 4. The highest BCUT2D eigenvalue weighted by Gasteiger charge is 2.24. The zero-order valence-corrected chi connectivity index (χ0v) is 23.5. The highest BCUT2D eigenvalue weighted by Crippen LogP contribution is 2.24. The molecule has 0 aliphatic heterocycles. The lowest BCUT2D eigenvalue weighted by atomic mass is 9.82. The van der Waals surface area contributed by atoms with Crippen LogP contribution in [0.5, 0.6) is 0 Å². The Morgan fingerprint density at radius 2 is 0.771 bits per heavy atom. The summed E-state index contributed by atoms with van der Waals surface area (Å²) in [6.07, 6.45) is 0.829. The van der Waals surface area contributed by atoms with Gasteiger partial charge in [0.1, 0.15) is 0 Å². The zero-order valence-electron chi connectivity index (χ0n) is 23.5. The van der Waals surface area contributed by atoms with E-state index in [0.29, 0.717) is 10.8 Å². The number of carbonyl (C=O) groups excluding carboxylic acids is 2. The Bertz CT molecular complexity index is 500. The number of aliphatic carboxylic acids is 4. The monoisotopic (exact) mass is 512 g/mol. The van der Waals surface area contributed by atoms with Gasteiger partial charge in [-0.25, -0.2) is 0 Å². The molecule has 0 atom stereocenters. The van der Waals surface area contributed by atoms with Crippen LogP contribution in [0.4, 0.5) is 0 Å². The molecule has 0 aromatic carbocycles. The van der Waals surface area contributed by atoms with Crippen LogP contribution >= 0.6 is 0 Å². The molecule has 212 valence electrons. The van der Waals surface area contributed by atoms with Gasteiger partial charge in [0.2, 0.25) is 0 Å². The summed E-state index contributed by atoms with van der Waals surface area (Å²) in [6.45, 7) is 22.2. The van der Waals surface area contributed by atoms with Crippen LogP contribution in [0, 0.1) is 10.8 Å². The molecule has 0 unspecified atom stereocenters. The maximum absolute atomic E-state index is 9.61. The van der Waals surface area contributed by atoms with Gasteiger partial charge in [-0.05, 0) is 51.4 Å². The summed E-state index contributed by atoms with van der Waals surface area (Å²) >= 11 is 0. The summed E-state index contributed by atoms with van der Waals surface area (Å²) in [5.41, 5.74) is 9.42. The molecule has 0 aliphatic carbocycles. The molecule has 35 heavy (non-hydrogen) atoms. The molecule has 0 aromatic heterocycles. The van der Waals surface area contributed by atoms with Crippen molar-refractivity contribution < 1.29 is 56.5 Å². The number of quaternary nitrogens is 2. The Kier molecular flexibility index (Phi) is 23.3. The highest BCUT2D eigenvalue weighted by molar-refractivity contribution is 5.74. The van der Waals surface area contributed by atoms with Crippen LogP contribution in [-0.2, 0) is 19.2 Å². The van der Waals surface area contributed by atoms with Crippen LogP contribution < -0.4 is 21.7 Å². The van der Waals surface area contributed by atoms with Crippen LogP contribution in [0.3, 0.4) is 0 Å². The van der Waals surface area contributed by atoms with Crippen molar-refractivity contribution in [2.24, 2.45) is 10.8 Å². The molecular weight excluding hydrogens is 460 g/mol. The van der Waals surface area contributed by atoms with E-state index >= 15 is 0 Å². The van der Waals surface area contributed by atoms with Crippen molar-refractivity contribution in [3.8, 4) is 0 Å². The Labute approximate surface area is 210 Å². The van der Waals surface area contributed by atoms with E-state index in [0.717, 1.165) is 0 Å². The van der Waals surface area contributed by atoms with Crippen molar-refractivity contribution in [2.45, 2.75) is 119 Å². The van der Waals surface area contributed by atoms with Crippen molar-refractivity contribution in [3.63, 3.8) is 0 Å². The Hall–Kier alpha value is -2.24. The number of rotatable bonds is 8. The van der Waals surface area contributed by atoms with E-state index in [2.05, 4.69) is 80.7 Å². The van der Waals surface area contributed by atoms with Gasteiger partial charge in [0.25, 0.3) is 0 Å². The van der Waals surface area contributed by atoms with Gasteiger partial charge >= 0.3 is 11.9 Å². The van der Waals surface area contributed by atoms with Crippen LogP contribution in [-0.4, -0.2) is 50.6 Å². The van der Waals surface area contributed by atoms with Gasteiger partial charge in [-0.15, -0.1) is 0 Å². The normalized spacial score (nSPS) is 11.1. The molecule has 10 N–H and O–H groups in total. The molecular formula is C24H52N2O9. The van der Waals surface area contributed by atoms with Crippen molar-refractivity contribution in [2.75, 3.05) is 0 Å². The molecule has 0 saturated heterocycles. The first-order valence-electron chi connectivity index (χ1n) is 11.2. The fourth-order valence-electron chi connectivity index (χ4n) is 3.29. The van der Waals surface area contributed by atoms with Crippen LogP contribution in [0.1, 0.15) is 108 Å². The third-order valence-corrected chi connectivity index (χ3v) is 3.10. The summed E-state index contributed by atoms with van der Waals surface area (Å²) in [5, 5.41) is 34.8. The molecule has 0 saturated carbocycles. The topological polar surface area (TPSA) is 242 Å². The van der Waals surface area contributed by atoms with Crippen LogP contribution in [0.25, 0.3) is 0 Å². The van der Waals surface area contributed by atoms with Crippen LogP contribution in [0.15, 0.2) is 0 Å². The maximum atomic E-state index is 9.61. The summed E-state index contributed by atoms with van der Waals surface area (Å²) in [6, 6.07) is 0. The van der Waals surface area contributed by atoms with E-state index in [9.17, 15) is 29.4 Å². The molecule has 0 fully saturated rings. The predicted octanol–water partition coefficient (Wildman–Crippen LogP) is -0.736. The van der Waals surface area contributed by atoms with E-state index in [4.69, 9.17) is 10.2 Å². The quantitative estimate of drug-likeness (QED) is 0.322. The third-order valence-electron chi connectivity index (χ3n) is 3.10. The van der Waals surface area contributed by atoms with Crippen molar-refractivity contribution in [3.05, 3.63) is 0 Å².